The third-order valence-corrected chi connectivity index (χ3v) is 4.11. The van der Waals surface area contributed by atoms with Gasteiger partial charge in [-0.25, -0.2) is 9.97 Å². The summed E-state index contributed by atoms with van der Waals surface area (Å²) in [5.41, 5.74) is 1.18. The monoisotopic (exact) mass is 279 g/mol. The standard InChI is InChI=1S/C13H14ClN3S/c1-9(15-2)10-3-4-12(11(14)7-10)18-13-5-6-16-8-17-13/h3-9,15H,1-2H3. The average Bonchev–Trinajstić information content (AvgIpc) is 2.41. The van der Waals surface area contributed by atoms with Crippen molar-refractivity contribution < 1.29 is 0 Å². The number of rotatable bonds is 4. The van der Waals surface area contributed by atoms with Crippen LogP contribution < -0.4 is 5.32 Å². The fourth-order valence-electron chi connectivity index (χ4n) is 1.49. The van der Waals surface area contributed by atoms with Crippen LogP contribution in [0.25, 0.3) is 0 Å². The normalized spacial score (nSPS) is 12.4. The van der Waals surface area contributed by atoms with Gasteiger partial charge in [0.25, 0.3) is 0 Å². The molecule has 1 unspecified atom stereocenters. The third-order valence-electron chi connectivity index (χ3n) is 2.66. The summed E-state index contributed by atoms with van der Waals surface area (Å²) in [5, 5.41) is 4.83. The molecule has 0 bridgehead atoms. The Balaban J connectivity index is 2.20. The summed E-state index contributed by atoms with van der Waals surface area (Å²) in [5.74, 6) is 0. The number of benzene rings is 1. The molecule has 0 aliphatic carbocycles. The van der Waals surface area contributed by atoms with E-state index in [9.17, 15) is 0 Å². The van der Waals surface area contributed by atoms with Crippen molar-refractivity contribution >= 4 is 23.4 Å². The number of aromatic nitrogens is 2. The van der Waals surface area contributed by atoms with Crippen LogP contribution in [0.15, 0.2) is 46.7 Å². The first-order chi connectivity index (χ1) is 8.70. The predicted molar refractivity (Wildman–Crippen MR) is 75.1 cm³/mol. The number of hydrogen-bond acceptors (Lipinski definition) is 4. The lowest BCUT2D eigenvalue weighted by Crippen LogP contribution is -2.12. The first-order valence-corrected chi connectivity index (χ1v) is 6.80. The molecule has 0 spiro atoms. The van der Waals surface area contributed by atoms with Crippen molar-refractivity contribution in [3.8, 4) is 0 Å². The van der Waals surface area contributed by atoms with Gasteiger partial charge in [0.05, 0.1) is 5.02 Å². The molecule has 5 heteroatoms. The number of hydrogen-bond donors (Lipinski definition) is 1. The second-order valence-electron chi connectivity index (χ2n) is 3.85. The maximum Gasteiger partial charge on any atom is 0.116 e. The molecule has 18 heavy (non-hydrogen) atoms. The Labute approximate surface area is 116 Å². The maximum absolute atomic E-state index is 6.29. The largest absolute Gasteiger partial charge is 0.313 e. The first kappa shape index (κ1) is 13.3. The van der Waals surface area contributed by atoms with Gasteiger partial charge in [0.1, 0.15) is 11.4 Å². The van der Waals surface area contributed by atoms with E-state index in [4.69, 9.17) is 11.6 Å². The van der Waals surface area contributed by atoms with Crippen LogP contribution in [0.5, 0.6) is 0 Å². The number of nitrogens with zero attached hydrogens (tertiary/aromatic N) is 2. The van der Waals surface area contributed by atoms with Crippen molar-refractivity contribution in [2.45, 2.75) is 22.9 Å². The SMILES string of the molecule is CNC(C)c1ccc(Sc2ccncn2)c(Cl)c1. The molecular weight excluding hydrogens is 266 g/mol. The number of nitrogens with one attached hydrogen (secondary N) is 1. The van der Waals surface area contributed by atoms with E-state index in [1.54, 1.807) is 6.20 Å². The van der Waals surface area contributed by atoms with E-state index in [0.29, 0.717) is 6.04 Å². The zero-order valence-corrected chi connectivity index (χ0v) is 11.8. The fraction of sp³-hybridized carbons (Fsp3) is 0.231. The second kappa shape index (κ2) is 6.18. The van der Waals surface area contributed by atoms with E-state index in [0.717, 1.165) is 14.9 Å². The van der Waals surface area contributed by atoms with Crippen LogP contribution >= 0.6 is 23.4 Å². The van der Waals surface area contributed by atoms with Gasteiger partial charge in [-0.05, 0) is 37.7 Å². The van der Waals surface area contributed by atoms with Crippen LogP contribution in [-0.2, 0) is 0 Å². The lowest BCUT2D eigenvalue weighted by Gasteiger charge is -2.12. The average molecular weight is 280 g/mol. The summed E-state index contributed by atoms with van der Waals surface area (Å²) in [7, 11) is 1.93. The van der Waals surface area contributed by atoms with Crippen molar-refractivity contribution in [2.24, 2.45) is 0 Å². The summed E-state index contributed by atoms with van der Waals surface area (Å²) in [6, 6.07) is 8.26. The van der Waals surface area contributed by atoms with Gasteiger partial charge in [-0.15, -0.1) is 0 Å². The molecule has 0 amide bonds. The van der Waals surface area contributed by atoms with Gasteiger partial charge in [0, 0.05) is 17.1 Å². The summed E-state index contributed by atoms with van der Waals surface area (Å²) >= 11 is 7.83. The van der Waals surface area contributed by atoms with Crippen LogP contribution in [0.3, 0.4) is 0 Å². The van der Waals surface area contributed by atoms with Crippen molar-refractivity contribution in [3.05, 3.63) is 47.4 Å². The van der Waals surface area contributed by atoms with Gasteiger partial charge >= 0.3 is 0 Å². The lowest BCUT2D eigenvalue weighted by molar-refractivity contribution is 0.652. The van der Waals surface area contributed by atoms with Crippen molar-refractivity contribution in [2.75, 3.05) is 7.05 Å². The Hall–Kier alpha value is -1.10. The van der Waals surface area contributed by atoms with Crippen LogP contribution in [0.2, 0.25) is 5.02 Å². The molecule has 0 fully saturated rings. The van der Waals surface area contributed by atoms with Crippen LogP contribution in [0.1, 0.15) is 18.5 Å². The topological polar surface area (TPSA) is 37.8 Å². The highest BCUT2D eigenvalue weighted by Gasteiger charge is 2.08. The van der Waals surface area contributed by atoms with Crippen LogP contribution in [0.4, 0.5) is 0 Å². The van der Waals surface area contributed by atoms with E-state index in [1.807, 2.05) is 25.2 Å². The lowest BCUT2D eigenvalue weighted by atomic mass is 10.1. The minimum Gasteiger partial charge on any atom is -0.313 e. The molecule has 0 aliphatic heterocycles. The molecule has 3 nitrogen and oxygen atoms in total. The molecule has 1 aromatic carbocycles. The molecule has 0 saturated carbocycles. The Morgan fingerprint density at radius 1 is 1.33 bits per heavy atom. The first-order valence-electron chi connectivity index (χ1n) is 5.61. The van der Waals surface area contributed by atoms with E-state index in [-0.39, 0.29) is 0 Å². The van der Waals surface area contributed by atoms with Gasteiger partial charge in [-0.2, -0.15) is 0 Å². The molecule has 1 atom stereocenters. The van der Waals surface area contributed by atoms with E-state index >= 15 is 0 Å². The molecule has 0 saturated heterocycles. The highest BCUT2D eigenvalue weighted by atomic mass is 35.5. The van der Waals surface area contributed by atoms with Crippen LogP contribution in [-0.4, -0.2) is 17.0 Å². The molecule has 2 rings (SSSR count). The second-order valence-corrected chi connectivity index (χ2v) is 5.32. The molecular formula is C13H14ClN3S. The van der Waals surface area contributed by atoms with Crippen LogP contribution in [0, 0.1) is 0 Å². The highest BCUT2D eigenvalue weighted by Crippen LogP contribution is 2.33. The Morgan fingerprint density at radius 3 is 2.78 bits per heavy atom. The summed E-state index contributed by atoms with van der Waals surface area (Å²) in [6.07, 6.45) is 3.26. The Morgan fingerprint density at radius 2 is 2.17 bits per heavy atom. The zero-order chi connectivity index (χ0) is 13.0. The van der Waals surface area contributed by atoms with Crippen molar-refractivity contribution in [3.63, 3.8) is 0 Å². The van der Waals surface area contributed by atoms with E-state index in [2.05, 4.69) is 28.3 Å². The molecule has 0 radical (unpaired) electrons. The summed E-state index contributed by atoms with van der Waals surface area (Å²) < 4.78 is 0. The maximum atomic E-state index is 6.29. The number of halogens is 1. The Bertz CT molecular complexity index is 519. The summed E-state index contributed by atoms with van der Waals surface area (Å²) in [4.78, 5) is 9.06. The quantitative estimate of drug-likeness (QED) is 0.869. The minimum atomic E-state index is 0.292. The fourth-order valence-corrected chi connectivity index (χ4v) is 2.54. The molecule has 1 N–H and O–H groups in total. The predicted octanol–water partition coefficient (Wildman–Crippen LogP) is 3.56. The third kappa shape index (κ3) is 3.22. The van der Waals surface area contributed by atoms with Gasteiger partial charge in [-0.3, -0.25) is 0 Å². The summed E-state index contributed by atoms with van der Waals surface area (Å²) in [6.45, 7) is 2.10. The Kier molecular flexibility index (Phi) is 4.58. The molecule has 94 valence electrons. The smallest absolute Gasteiger partial charge is 0.116 e. The highest BCUT2D eigenvalue weighted by molar-refractivity contribution is 7.99. The van der Waals surface area contributed by atoms with Gasteiger partial charge < -0.3 is 5.32 Å². The van der Waals surface area contributed by atoms with Crippen molar-refractivity contribution in [1.29, 1.82) is 0 Å². The van der Waals surface area contributed by atoms with Gasteiger partial charge in [0.2, 0.25) is 0 Å². The van der Waals surface area contributed by atoms with Crippen molar-refractivity contribution in [1.82, 2.24) is 15.3 Å². The van der Waals surface area contributed by atoms with Gasteiger partial charge in [0.15, 0.2) is 0 Å². The van der Waals surface area contributed by atoms with E-state index < -0.39 is 0 Å². The molecule has 1 heterocycles. The molecule has 0 aliphatic rings. The molecule has 2 aromatic rings. The molecule has 1 aromatic heterocycles. The zero-order valence-electron chi connectivity index (χ0n) is 10.2. The minimum absolute atomic E-state index is 0.292. The van der Waals surface area contributed by atoms with E-state index in [1.165, 1.54) is 23.7 Å². The van der Waals surface area contributed by atoms with Gasteiger partial charge in [-0.1, -0.05) is 29.4 Å².